The number of rotatable bonds is 6. The largest absolute Gasteiger partial charge is 0.497 e. The van der Waals surface area contributed by atoms with E-state index in [1.165, 1.54) is 6.07 Å². The van der Waals surface area contributed by atoms with E-state index < -0.39 is 5.91 Å². The van der Waals surface area contributed by atoms with Gasteiger partial charge in [-0.1, -0.05) is 12.1 Å². The molecule has 2 N–H and O–H groups in total. The summed E-state index contributed by atoms with van der Waals surface area (Å²) >= 11 is 3.14. The Bertz CT molecular complexity index is 750. The van der Waals surface area contributed by atoms with Crippen molar-refractivity contribution in [2.24, 2.45) is 0 Å². The first-order valence-electron chi connectivity index (χ1n) is 7.24. The van der Waals surface area contributed by atoms with Gasteiger partial charge in [-0.05, 0) is 58.8 Å². The molecular formula is C17H17BrN2O4. The lowest BCUT2D eigenvalue weighted by Gasteiger charge is -2.09. The van der Waals surface area contributed by atoms with Crippen molar-refractivity contribution in [2.45, 2.75) is 6.92 Å². The van der Waals surface area contributed by atoms with Gasteiger partial charge in [0.1, 0.15) is 11.4 Å². The van der Waals surface area contributed by atoms with Crippen LogP contribution in [0, 0.1) is 0 Å². The highest BCUT2D eigenvalue weighted by Crippen LogP contribution is 2.16. The molecule has 7 heteroatoms. The van der Waals surface area contributed by atoms with Gasteiger partial charge in [-0.15, -0.1) is 0 Å². The average Bonchev–Trinajstić information content (AvgIpc) is 3.01. The summed E-state index contributed by atoms with van der Waals surface area (Å²) in [4.78, 5) is 24.4. The van der Waals surface area contributed by atoms with Gasteiger partial charge in [-0.25, -0.2) is 0 Å². The van der Waals surface area contributed by atoms with E-state index >= 15 is 0 Å². The molecular weight excluding hydrogens is 376 g/mol. The minimum atomic E-state index is -0.508. The van der Waals surface area contributed by atoms with E-state index in [0.29, 0.717) is 17.0 Å². The third-order valence-corrected chi connectivity index (χ3v) is 3.48. The zero-order valence-corrected chi connectivity index (χ0v) is 14.8. The zero-order chi connectivity index (χ0) is 17.5. The third kappa shape index (κ3) is 4.73. The van der Waals surface area contributed by atoms with Crippen molar-refractivity contribution in [3.05, 3.63) is 58.1 Å². The number of likely N-dealkylation sites (N-methyl/N-ethyl adjacent to an activating group) is 1. The molecule has 0 atom stereocenters. The second kappa shape index (κ2) is 8.35. The minimum Gasteiger partial charge on any atom is -0.497 e. The lowest BCUT2D eigenvalue weighted by atomic mass is 10.1. The van der Waals surface area contributed by atoms with Gasteiger partial charge in [0.15, 0.2) is 10.4 Å². The summed E-state index contributed by atoms with van der Waals surface area (Å²) in [6.45, 7) is 2.25. The summed E-state index contributed by atoms with van der Waals surface area (Å²) in [6, 6.07) is 10.2. The number of furan rings is 1. The van der Waals surface area contributed by atoms with E-state index in [-0.39, 0.29) is 17.4 Å². The number of hydrogen-bond acceptors (Lipinski definition) is 4. The number of amides is 2. The van der Waals surface area contributed by atoms with Crippen molar-refractivity contribution >= 4 is 33.8 Å². The van der Waals surface area contributed by atoms with E-state index in [1.807, 2.05) is 0 Å². The number of halogens is 1. The normalized spacial score (nSPS) is 11.0. The van der Waals surface area contributed by atoms with Gasteiger partial charge in [0.2, 0.25) is 0 Å². The van der Waals surface area contributed by atoms with E-state index in [2.05, 4.69) is 26.6 Å². The third-order valence-electron chi connectivity index (χ3n) is 3.05. The molecule has 24 heavy (non-hydrogen) atoms. The standard InChI is InChI=1S/C17H17BrN2O4/c1-3-19-16(21)13(10-11-4-6-12(23-2)7-5-11)20-17(22)14-8-9-15(18)24-14/h4-10H,3H2,1-2H3,(H,19,21)(H,20,22)/b13-10+. The first-order valence-corrected chi connectivity index (χ1v) is 8.03. The Balaban J connectivity index is 2.24. The molecule has 0 fully saturated rings. The molecule has 1 heterocycles. The molecule has 0 saturated carbocycles. The molecule has 0 saturated heterocycles. The summed E-state index contributed by atoms with van der Waals surface area (Å²) in [5.74, 6) is -0.0815. The van der Waals surface area contributed by atoms with Crippen LogP contribution in [0.1, 0.15) is 23.0 Å². The lowest BCUT2D eigenvalue weighted by molar-refractivity contribution is -0.117. The van der Waals surface area contributed by atoms with Crippen LogP contribution in [0.15, 0.2) is 51.2 Å². The molecule has 1 aromatic heterocycles. The molecule has 126 valence electrons. The Morgan fingerprint density at radius 3 is 2.46 bits per heavy atom. The van der Waals surface area contributed by atoms with Crippen LogP contribution in [-0.2, 0) is 4.79 Å². The predicted molar refractivity (Wildman–Crippen MR) is 93.5 cm³/mol. The molecule has 2 aromatic rings. The predicted octanol–water partition coefficient (Wildman–Crippen LogP) is 2.96. The monoisotopic (exact) mass is 392 g/mol. The Kier molecular flexibility index (Phi) is 6.20. The van der Waals surface area contributed by atoms with Crippen molar-refractivity contribution in [1.82, 2.24) is 10.6 Å². The van der Waals surface area contributed by atoms with Crippen molar-refractivity contribution < 1.29 is 18.7 Å². The van der Waals surface area contributed by atoms with Crippen molar-refractivity contribution in [3.8, 4) is 5.75 Å². The Labute approximate surface area is 148 Å². The molecule has 0 aliphatic heterocycles. The highest BCUT2D eigenvalue weighted by Gasteiger charge is 2.16. The molecule has 0 bridgehead atoms. The molecule has 0 unspecified atom stereocenters. The quantitative estimate of drug-likeness (QED) is 0.740. The Morgan fingerprint density at radius 1 is 1.21 bits per heavy atom. The van der Waals surface area contributed by atoms with Gasteiger partial charge in [-0.2, -0.15) is 0 Å². The number of methoxy groups -OCH3 is 1. The lowest BCUT2D eigenvalue weighted by Crippen LogP contribution is -2.34. The van der Waals surface area contributed by atoms with E-state index in [4.69, 9.17) is 9.15 Å². The molecule has 2 amide bonds. The SMILES string of the molecule is CCNC(=O)/C(=C\c1ccc(OC)cc1)NC(=O)c1ccc(Br)o1. The van der Waals surface area contributed by atoms with Gasteiger partial charge in [0, 0.05) is 6.54 Å². The van der Waals surface area contributed by atoms with Crippen molar-refractivity contribution in [3.63, 3.8) is 0 Å². The number of benzene rings is 1. The van der Waals surface area contributed by atoms with Crippen LogP contribution in [0.5, 0.6) is 5.75 Å². The van der Waals surface area contributed by atoms with E-state index in [9.17, 15) is 9.59 Å². The van der Waals surface area contributed by atoms with Gasteiger partial charge >= 0.3 is 0 Å². The first-order chi connectivity index (χ1) is 11.5. The fraction of sp³-hybridized carbons (Fsp3) is 0.176. The molecule has 0 radical (unpaired) electrons. The van der Waals surface area contributed by atoms with E-state index in [1.54, 1.807) is 50.4 Å². The van der Waals surface area contributed by atoms with Crippen LogP contribution in [0.4, 0.5) is 0 Å². The number of carbonyl (C=O) groups is 2. The second-order valence-electron chi connectivity index (χ2n) is 4.75. The maximum Gasteiger partial charge on any atom is 0.291 e. The van der Waals surface area contributed by atoms with E-state index in [0.717, 1.165) is 5.56 Å². The second-order valence-corrected chi connectivity index (χ2v) is 5.53. The fourth-order valence-electron chi connectivity index (χ4n) is 1.90. The van der Waals surface area contributed by atoms with Crippen molar-refractivity contribution in [1.29, 1.82) is 0 Å². The first kappa shape index (κ1) is 17.8. The van der Waals surface area contributed by atoms with Crippen LogP contribution in [-0.4, -0.2) is 25.5 Å². The van der Waals surface area contributed by atoms with Gasteiger partial charge < -0.3 is 19.8 Å². The minimum absolute atomic E-state index is 0.104. The Morgan fingerprint density at radius 2 is 1.92 bits per heavy atom. The van der Waals surface area contributed by atoms with Crippen LogP contribution in [0.2, 0.25) is 0 Å². The number of ether oxygens (including phenoxy) is 1. The fourth-order valence-corrected chi connectivity index (χ4v) is 2.21. The highest BCUT2D eigenvalue weighted by atomic mass is 79.9. The van der Waals surface area contributed by atoms with Crippen LogP contribution >= 0.6 is 15.9 Å². The molecule has 0 aliphatic carbocycles. The molecule has 0 aliphatic rings. The highest BCUT2D eigenvalue weighted by molar-refractivity contribution is 9.10. The van der Waals surface area contributed by atoms with Crippen LogP contribution in [0.25, 0.3) is 6.08 Å². The van der Waals surface area contributed by atoms with Crippen LogP contribution < -0.4 is 15.4 Å². The maximum absolute atomic E-state index is 12.2. The van der Waals surface area contributed by atoms with Gasteiger partial charge in [0.05, 0.1) is 7.11 Å². The number of carbonyl (C=O) groups excluding carboxylic acids is 2. The summed E-state index contributed by atoms with van der Waals surface area (Å²) in [5, 5.41) is 5.24. The molecule has 1 aromatic carbocycles. The molecule has 0 spiro atoms. The molecule has 6 nitrogen and oxygen atoms in total. The summed E-state index contributed by atoms with van der Waals surface area (Å²) in [6.07, 6.45) is 1.58. The average molecular weight is 393 g/mol. The summed E-state index contributed by atoms with van der Waals surface area (Å²) in [5.41, 5.74) is 0.873. The Hall–Kier alpha value is -2.54. The smallest absolute Gasteiger partial charge is 0.291 e. The van der Waals surface area contributed by atoms with Crippen molar-refractivity contribution in [2.75, 3.05) is 13.7 Å². The van der Waals surface area contributed by atoms with Crippen LogP contribution in [0.3, 0.4) is 0 Å². The topological polar surface area (TPSA) is 80.6 Å². The zero-order valence-electron chi connectivity index (χ0n) is 13.3. The van der Waals surface area contributed by atoms with Gasteiger partial charge in [0.25, 0.3) is 11.8 Å². The summed E-state index contributed by atoms with van der Waals surface area (Å²) in [7, 11) is 1.58. The summed E-state index contributed by atoms with van der Waals surface area (Å²) < 4.78 is 10.7. The number of nitrogens with one attached hydrogen (secondary N) is 2. The maximum atomic E-state index is 12.2. The van der Waals surface area contributed by atoms with Gasteiger partial charge in [-0.3, -0.25) is 9.59 Å². The molecule has 2 rings (SSSR count). The number of hydrogen-bond donors (Lipinski definition) is 2.